The Bertz CT molecular complexity index is 1380. The SMILES string of the molecule is C=C1C[C@@H]2CC[C@@]34C[C@@H]5O[C@@H]6C(O[C@H]7CC[C@H](CC(=O)O[C@H]8[C@@H](OC)[C@H](CC(O)CO)O[C@H]8C[C@H]8O[C@@H](CC[C@@H]1O2)C[C@@H](C)C8=C)O[C@@H]7[C@@H]6O3)[C@H]5O4. The molecule has 13 nitrogen and oxygen atoms in total. The summed E-state index contributed by atoms with van der Waals surface area (Å²) in [6.45, 7) is 10.6. The van der Waals surface area contributed by atoms with E-state index in [0.29, 0.717) is 32.1 Å². The summed E-state index contributed by atoms with van der Waals surface area (Å²) in [5, 5.41) is 20.0. The molecule has 2 N–H and O–H groups in total. The van der Waals surface area contributed by atoms with Crippen molar-refractivity contribution in [1.82, 2.24) is 0 Å². The number of carbonyl (C=O) groups is 1. The van der Waals surface area contributed by atoms with Crippen LogP contribution in [0.1, 0.15) is 84.0 Å². The van der Waals surface area contributed by atoms with Crippen LogP contribution in [0.3, 0.4) is 0 Å². The lowest BCUT2D eigenvalue weighted by Gasteiger charge is -2.47. The highest BCUT2D eigenvalue weighted by Gasteiger charge is 2.68. The van der Waals surface area contributed by atoms with E-state index in [9.17, 15) is 15.0 Å². The molecule has 0 amide bonds. The summed E-state index contributed by atoms with van der Waals surface area (Å²) in [6, 6.07) is 0. The van der Waals surface area contributed by atoms with Crippen LogP contribution in [0.5, 0.6) is 0 Å². The van der Waals surface area contributed by atoms with Gasteiger partial charge in [-0.05, 0) is 62.0 Å². The Morgan fingerprint density at radius 3 is 2.37 bits per heavy atom. The number of aliphatic hydroxyl groups is 2. The van der Waals surface area contributed by atoms with Gasteiger partial charge in [0.15, 0.2) is 11.9 Å². The molecule has 10 aliphatic rings. The van der Waals surface area contributed by atoms with Crippen LogP contribution in [0.15, 0.2) is 24.3 Å². The molecule has 19 atom stereocenters. The Balaban J connectivity index is 0.994. The molecule has 13 heteroatoms. The minimum atomic E-state index is -1.01. The maximum atomic E-state index is 13.8. The van der Waals surface area contributed by atoms with Crippen LogP contribution in [-0.4, -0.2) is 139 Å². The van der Waals surface area contributed by atoms with Crippen LogP contribution in [-0.2, 0) is 52.2 Å². The minimum absolute atomic E-state index is 0.0122. The number of aliphatic hydroxyl groups excluding tert-OH is 2. The van der Waals surface area contributed by atoms with Crippen molar-refractivity contribution in [3.63, 3.8) is 0 Å². The lowest BCUT2D eigenvalue weighted by atomic mass is 9.84. The van der Waals surface area contributed by atoms with Gasteiger partial charge in [-0.15, -0.1) is 0 Å². The lowest BCUT2D eigenvalue weighted by Crippen LogP contribution is -2.61. The zero-order valence-corrected chi connectivity index (χ0v) is 30.4. The van der Waals surface area contributed by atoms with Gasteiger partial charge in [0.1, 0.15) is 42.7 Å². The molecular formula is C39H56O13. The molecule has 0 aliphatic carbocycles. The van der Waals surface area contributed by atoms with Crippen LogP contribution in [0.4, 0.5) is 0 Å². The third-order valence-corrected chi connectivity index (χ3v) is 13.5. The monoisotopic (exact) mass is 732 g/mol. The molecule has 290 valence electrons. The van der Waals surface area contributed by atoms with Crippen LogP contribution in [0.25, 0.3) is 0 Å². The Morgan fingerprint density at radius 1 is 0.788 bits per heavy atom. The van der Waals surface area contributed by atoms with Gasteiger partial charge in [-0.1, -0.05) is 20.1 Å². The van der Waals surface area contributed by atoms with Gasteiger partial charge in [-0.25, -0.2) is 0 Å². The Hall–Kier alpha value is -1.49. The van der Waals surface area contributed by atoms with Gasteiger partial charge in [0, 0.05) is 32.8 Å². The van der Waals surface area contributed by atoms with Gasteiger partial charge in [0.05, 0.1) is 68.0 Å². The zero-order valence-electron chi connectivity index (χ0n) is 30.4. The fourth-order valence-corrected chi connectivity index (χ4v) is 10.8. The summed E-state index contributed by atoms with van der Waals surface area (Å²) in [7, 11) is 1.55. The second kappa shape index (κ2) is 14.2. The van der Waals surface area contributed by atoms with Gasteiger partial charge in [-0.3, -0.25) is 4.79 Å². The van der Waals surface area contributed by atoms with Gasteiger partial charge in [0.25, 0.3) is 0 Å². The third kappa shape index (κ3) is 6.53. The summed E-state index contributed by atoms with van der Waals surface area (Å²) in [5.74, 6) is -1.01. The van der Waals surface area contributed by atoms with E-state index in [1.54, 1.807) is 7.11 Å². The van der Waals surface area contributed by atoms with Gasteiger partial charge >= 0.3 is 5.97 Å². The van der Waals surface area contributed by atoms with Crippen molar-refractivity contribution in [2.75, 3.05) is 13.7 Å². The quantitative estimate of drug-likeness (QED) is 0.323. The predicted octanol–water partition coefficient (Wildman–Crippen LogP) is 2.81. The van der Waals surface area contributed by atoms with Crippen LogP contribution in [0.2, 0.25) is 0 Å². The molecule has 0 aromatic carbocycles. The number of ether oxygens (including phenoxy) is 10. The molecule has 10 heterocycles. The molecule has 10 aliphatic heterocycles. The second-order valence-corrected chi connectivity index (χ2v) is 16.9. The molecule has 1 spiro atoms. The lowest BCUT2D eigenvalue weighted by molar-refractivity contribution is -0.293. The molecule has 0 aromatic rings. The summed E-state index contributed by atoms with van der Waals surface area (Å²) >= 11 is 0. The molecule has 10 rings (SSSR count). The number of hydrogen-bond acceptors (Lipinski definition) is 13. The molecule has 0 radical (unpaired) electrons. The molecule has 12 bridgehead atoms. The summed E-state index contributed by atoms with van der Waals surface area (Å²) < 4.78 is 65.6. The molecule has 2 unspecified atom stereocenters. The second-order valence-electron chi connectivity index (χ2n) is 16.9. The normalized spacial score (nSPS) is 52.2. The summed E-state index contributed by atoms with van der Waals surface area (Å²) in [6.07, 6.45) is 1.15. The smallest absolute Gasteiger partial charge is 0.308 e. The fourth-order valence-electron chi connectivity index (χ4n) is 10.8. The van der Waals surface area contributed by atoms with Crippen molar-refractivity contribution in [2.45, 2.75) is 194 Å². The van der Waals surface area contributed by atoms with Crippen molar-refractivity contribution in [2.24, 2.45) is 5.92 Å². The fraction of sp³-hybridized carbons (Fsp3) is 0.872. The summed E-state index contributed by atoms with van der Waals surface area (Å²) in [4.78, 5) is 13.8. The van der Waals surface area contributed by atoms with Crippen LogP contribution in [0, 0.1) is 5.92 Å². The average molecular weight is 733 g/mol. The summed E-state index contributed by atoms with van der Waals surface area (Å²) in [5.41, 5.74) is 2.10. The van der Waals surface area contributed by atoms with Gasteiger partial charge in [-0.2, -0.15) is 0 Å². The van der Waals surface area contributed by atoms with Crippen molar-refractivity contribution in [3.05, 3.63) is 24.3 Å². The molecule has 0 aromatic heterocycles. The van der Waals surface area contributed by atoms with Gasteiger partial charge in [0.2, 0.25) is 0 Å². The topological polar surface area (TPSA) is 150 Å². The average Bonchev–Trinajstić information content (AvgIpc) is 3.79. The van der Waals surface area contributed by atoms with Crippen molar-refractivity contribution >= 4 is 5.97 Å². The van der Waals surface area contributed by atoms with E-state index in [2.05, 4.69) is 20.1 Å². The van der Waals surface area contributed by atoms with Crippen LogP contribution < -0.4 is 0 Å². The van der Waals surface area contributed by atoms with E-state index in [4.69, 9.17) is 47.4 Å². The van der Waals surface area contributed by atoms with E-state index >= 15 is 0 Å². The number of esters is 1. The maximum Gasteiger partial charge on any atom is 0.308 e. The Kier molecular flexibility index (Phi) is 9.89. The standard InChI is InChI=1S/C39H56O13/c1-18-11-22-5-7-25-19(2)12-24(44-25)9-10-39-16-30-35(51-39)36-37(49-30)38(52-39)33-26(48-36)8-6-23(46-33)14-31(42)50-34-29(15-27(45-22)20(18)3)47-28(32(34)43-4)13-21(41)17-40/h18,21-30,32-38,40-41H,2-3,5-17H2,1,4H3/t18-,21?,22+,23-,24+,25+,26+,27-,28+,29+,30+,32+,33+,34-,35+,36?,37-,38+,39+/m1/s1. The third-order valence-electron chi connectivity index (χ3n) is 13.5. The predicted molar refractivity (Wildman–Crippen MR) is 181 cm³/mol. The number of carbonyl (C=O) groups excluding carboxylic acids is 1. The molecule has 0 saturated carbocycles. The first-order valence-corrected chi connectivity index (χ1v) is 19.8. The largest absolute Gasteiger partial charge is 0.457 e. The number of fused-ring (bicyclic) bond motifs is 6. The minimum Gasteiger partial charge on any atom is -0.457 e. The van der Waals surface area contributed by atoms with Crippen molar-refractivity contribution < 1.29 is 62.4 Å². The van der Waals surface area contributed by atoms with E-state index < -0.39 is 61.1 Å². The first kappa shape index (κ1) is 36.2. The van der Waals surface area contributed by atoms with E-state index in [-0.39, 0.29) is 79.8 Å². The highest BCUT2D eigenvalue weighted by Crippen LogP contribution is 2.54. The zero-order chi connectivity index (χ0) is 35.9. The Morgan fingerprint density at radius 2 is 1.54 bits per heavy atom. The van der Waals surface area contributed by atoms with E-state index in [0.717, 1.165) is 43.3 Å². The molecular weight excluding hydrogens is 676 g/mol. The number of methoxy groups -OCH3 is 1. The van der Waals surface area contributed by atoms with E-state index in [1.807, 2.05) is 0 Å². The molecule has 10 saturated heterocycles. The number of hydrogen-bond donors (Lipinski definition) is 2. The van der Waals surface area contributed by atoms with E-state index in [1.165, 1.54) is 0 Å². The molecule has 52 heavy (non-hydrogen) atoms. The first-order chi connectivity index (χ1) is 25.1. The maximum absolute atomic E-state index is 13.8. The van der Waals surface area contributed by atoms with Crippen LogP contribution >= 0.6 is 0 Å². The highest BCUT2D eigenvalue weighted by molar-refractivity contribution is 5.70. The number of rotatable bonds is 4. The highest BCUT2D eigenvalue weighted by atomic mass is 16.8. The molecule has 10 fully saturated rings. The van der Waals surface area contributed by atoms with Gasteiger partial charge < -0.3 is 57.6 Å². The van der Waals surface area contributed by atoms with Crippen molar-refractivity contribution in [3.8, 4) is 0 Å². The first-order valence-electron chi connectivity index (χ1n) is 19.8. The Labute approximate surface area is 305 Å². The van der Waals surface area contributed by atoms with Crippen molar-refractivity contribution in [1.29, 1.82) is 0 Å².